The molecule has 0 unspecified atom stereocenters. The van der Waals surface area contributed by atoms with E-state index < -0.39 is 66.5 Å². The molecular weight excluding hydrogens is 1850 g/mol. The lowest BCUT2D eigenvalue weighted by atomic mass is 9.64. The average molecular weight is 1960 g/mol. The van der Waals surface area contributed by atoms with Gasteiger partial charge in [-0.3, -0.25) is 28.8 Å². The van der Waals surface area contributed by atoms with Crippen molar-refractivity contribution in [2.24, 2.45) is 22.0 Å². The Balaban J connectivity index is 0.000000114. The lowest BCUT2D eigenvalue weighted by Crippen LogP contribution is -2.53. The molecule has 0 bridgehead atoms. The van der Waals surface area contributed by atoms with Crippen LogP contribution in [0.3, 0.4) is 0 Å². The van der Waals surface area contributed by atoms with Gasteiger partial charge < -0.3 is 91.1 Å². The van der Waals surface area contributed by atoms with Gasteiger partial charge in [0.05, 0.1) is 88.2 Å². The van der Waals surface area contributed by atoms with E-state index in [1.54, 1.807) is 61.7 Å². The Morgan fingerprint density at radius 1 is 0.472 bits per heavy atom. The first-order valence-electron chi connectivity index (χ1n) is 46.7. The number of nitrogens with one attached hydrogen (secondary N) is 6. The van der Waals surface area contributed by atoms with Crippen LogP contribution in [0.15, 0.2) is 209 Å². The Morgan fingerprint density at radius 3 is 1.17 bits per heavy atom. The zero-order valence-electron chi connectivity index (χ0n) is 77.8. The van der Waals surface area contributed by atoms with E-state index in [1.807, 2.05) is 176 Å². The third kappa shape index (κ3) is 20.6. The summed E-state index contributed by atoms with van der Waals surface area (Å²) in [7, 11) is 7.42. The number of nitrogen functional groups attached to an aromatic ring is 1. The number of rotatable bonds is 24. The third-order valence-corrected chi connectivity index (χ3v) is 27.3. The number of aromatic carboxylic acids is 1. The lowest BCUT2D eigenvalue weighted by molar-refractivity contribution is -0.174. The molecule has 3 aliphatic heterocycles. The summed E-state index contributed by atoms with van der Waals surface area (Å²) in [6, 6.07) is 48.4. The van der Waals surface area contributed by atoms with Crippen LogP contribution in [0.5, 0.6) is 0 Å². The molecule has 24 rings (SSSR count). The number of hydrogen-bond donors (Lipinski definition) is 9. The second-order valence-electron chi connectivity index (χ2n) is 38.1. The van der Waals surface area contributed by atoms with Gasteiger partial charge >= 0.3 is 5.97 Å². The van der Waals surface area contributed by atoms with Gasteiger partial charge in [-0.05, 0) is 98.0 Å². The number of fused-ring (bicyclic) bond motifs is 4. The molecule has 0 radical (unpaired) electrons. The largest absolute Gasteiger partial charge is 0.477 e. The van der Waals surface area contributed by atoms with E-state index in [0.29, 0.717) is 120 Å². The predicted molar refractivity (Wildman–Crippen MR) is 521 cm³/mol. The molecule has 7 aliphatic carbocycles. The molecule has 14 heterocycles. The van der Waals surface area contributed by atoms with E-state index in [-0.39, 0.29) is 90.0 Å². The molecule has 10 fully saturated rings. The maximum atomic E-state index is 13.5. The first-order chi connectivity index (χ1) is 68.5. The number of nitrogens with two attached hydrogens (primary N) is 2. The van der Waals surface area contributed by atoms with Crippen molar-refractivity contribution in [3.05, 3.63) is 276 Å². The summed E-state index contributed by atoms with van der Waals surface area (Å²) < 4.78 is 78.5. The molecule has 38 nitrogen and oxygen atoms in total. The normalized spacial score (nSPS) is 21.4. The van der Waals surface area contributed by atoms with Gasteiger partial charge in [-0.1, -0.05) is 103 Å². The van der Waals surface area contributed by atoms with Crippen molar-refractivity contribution in [2.75, 3.05) is 104 Å². The quantitative estimate of drug-likeness (QED) is 0.0200. The summed E-state index contributed by atoms with van der Waals surface area (Å²) in [5.41, 5.74) is 17.6. The van der Waals surface area contributed by atoms with Gasteiger partial charge in [-0.2, -0.15) is 43.7 Å². The maximum Gasteiger partial charge on any atom is 0.341 e. The molecule has 3 saturated heterocycles. The number of carbonyl (C=O) groups is 4. The van der Waals surface area contributed by atoms with Crippen molar-refractivity contribution in [3.8, 4) is 6.07 Å². The molecule has 14 aromatic rings. The topological polar surface area (TPSA) is 461 Å². The lowest BCUT2D eigenvalue weighted by Gasteiger charge is -2.53. The maximum absolute atomic E-state index is 13.5. The first kappa shape index (κ1) is 95.7. The molecule has 142 heavy (non-hydrogen) atoms. The minimum Gasteiger partial charge on any atom is -0.477 e. The number of anilines is 9. The third-order valence-electron chi connectivity index (χ3n) is 27.1. The van der Waals surface area contributed by atoms with Crippen molar-refractivity contribution in [2.45, 2.75) is 151 Å². The van der Waals surface area contributed by atoms with Crippen LogP contribution in [0.25, 0.3) is 22.6 Å². The van der Waals surface area contributed by atoms with Crippen LogP contribution in [-0.4, -0.2) is 218 Å². The Bertz CT molecular complexity index is 7300. The van der Waals surface area contributed by atoms with Gasteiger partial charge in [-0.25, -0.2) is 42.3 Å². The molecule has 736 valence electrons. The summed E-state index contributed by atoms with van der Waals surface area (Å²) >= 11 is 6.03. The summed E-state index contributed by atoms with van der Waals surface area (Å²) in [6.45, 7) is 6.64. The fraction of sp³-hybridized carbons (Fsp3) is 0.374. The molecule has 10 aliphatic rings. The van der Waals surface area contributed by atoms with Gasteiger partial charge in [0.2, 0.25) is 0 Å². The first-order valence-corrected chi connectivity index (χ1v) is 47.0. The van der Waals surface area contributed by atoms with Crippen molar-refractivity contribution in [3.63, 3.8) is 0 Å². The van der Waals surface area contributed by atoms with E-state index >= 15 is 0 Å². The molecule has 3 spiro atoms. The van der Waals surface area contributed by atoms with Crippen molar-refractivity contribution < 1.29 is 56.1 Å². The van der Waals surface area contributed by atoms with Crippen LogP contribution in [0.4, 0.5) is 69.5 Å². The molecule has 7 saturated carbocycles. The predicted octanol–water partition coefficient (Wildman–Crippen LogP) is 11.0. The number of carboxylic acid groups (broad SMARTS) is 1. The van der Waals surface area contributed by atoms with Crippen LogP contribution >= 0.6 is 11.6 Å². The number of amides is 3. The Labute approximate surface area is 814 Å². The van der Waals surface area contributed by atoms with Crippen molar-refractivity contribution in [1.82, 2.24) is 88.0 Å². The molecule has 3 aromatic carbocycles. The second-order valence-corrected chi connectivity index (χ2v) is 38.5. The van der Waals surface area contributed by atoms with E-state index in [2.05, 4.69) is 72.2 Å². The fourth-order valence-electron chi connectivity index (χ4n) is 18.4. The minimum absolute atomic E-state index is 0.0249. The molecule has 8 atom stereocenters. The highest BCUT2D eigenvalue weighted by molar-refractivity contribution is 6.29. The number of hydrogen-bond acceptors (Lipinski definition) is 27. The van der Waals surface area contributed by atoms with E-state index in [9.17, 15) is 61.5 Å². The highest BCUT2D eigenvalue weighted by Gasteiger charge is 2.53. The van der Waals surface area contributed by atoms with Crippen LogP contribution in [-0.2, 0) is 33.8 Å². The summed E-state index contributed by atoms with van der Waals surface area (Å²) in [4.78, 5) is 111. The standard InChI is InChI=1S/C29H30FN7O3.C22H24FN7O3.C19H17FN6O.C15H13ClN4O2.C11H14N2O2.C3H6FN/c1-35(15-18-6-3-2-4-7-18)25-11-24(34-26-20(14-31-37(25)26)27(38)33-23-10-21(23)30)32-22-8-5-9-36(28(22)39)19-12-29(13-19)16-40-17-29;1-24-18-6-17(28-19-13(9-25-30(18)19)20(31)27-16-5-14(16)23)26-15-3-2-4-29(21(15)32)12-7-22(8-12)10-33-11-22;1-25(11-12-5-3-2-4-6-12)17-7-13(9-21)23-18-14(10-22-26(17)18)19(27)24-16-8-15(16)20;1-19(9-10-5-3-2-4-6-10)13-7-12(16)18-14-11(15(21)22)8-17-20(13)14;12-9-2-1-3-13(10(9)14)8-4-11(5-8)6-15-7-11;4-2-1-3(2)5/h2-9,11,14,19,21,23H,10,12-13,15-17H2,1H3,(H,32,34)(H,33,38);2-4,6,9,12,14,16,24H,5,7-8,10-11H2,1H3,(H,26,28)(H,27,31);2-7,10,15-16H,8,11H2,1H3,(H,24,27);2-8H,9H2,1H3,(H,21,22);1-3,8H,4-7,12H2;2-3H,1,5H2/t21-,23+;14-,16+;15-,16+;;;2-,3+/m000..0/s1. The number of pyridine rings is 3. The zero-order valence-corrected chi connectivity index (χ0v) is 78.6. The van der Waals surface area contributed by atoms with Crippen molar-refractivity contribution >= 4 is 110 Å². The number of nitrogens with zero attached hydrogens (tertiary/aromatic N) is 19. The molecular formula is C99H104ClF4N27O11. The summed E-state index contributed by atoms with van der Waals surface area (Å²) in [5.74, 6) is 0.982. The van der Waals surface area contributed by atoms with Gasteiger partial charge in [-0.15, -0.1) is 0 Å². The Hall–Kier alpha value is -15.2. The van der Waals surface area contributed by atoms with Gasteiger partial charge in [0.25, 0.3) is 34.4 Å². The van der Waals surface area contributed by atoms with Gasteiger partial charge in [0.1, 0.15) is 110 Å². The number of carbonyl (C=O) groups excluding carboxylic acids is 3. The zero-order chi connectivity index (χ0) is 99.2. The smallest absolute Gasteiger partial charge is 0.341 e. The fourth-order valence-corrected chi connectivity index (χ4v) is 18.6. The average Bonchev–Trinajstić information content (AvgIpc) is 1.30. The van der Waals surface area contributed by atoms with Crippen LogP contribution < -0.4 is 74.7 Å². The second kappa shape index (κ2) is 39.8. The number of benzene rings is 3. The van der Waals surface area contributed by atoms with Gasteiger partial charge in [0.15, 0.2) is 22.6 Å². The molecule has 11 N–H and O–H groups in total. The molecule has 11 aromatic heterocycles. The Morgan fingerprint density at radius 2 is 0.810 bits per heavy atom. The molecule has 43 heteroatoms. The Kier molecular flexibility index (Phi) is 26.9. The summed E-state index contributed by atoms with van der Waals surface area (Å²) in [5, 5.41) is 53.1. The highest BCUT2D eigenvalue weighted by atomic mass is 35.5. The van der Waals surface area contributed by atoms with E-state index in [4.69, 9.17) is 37.3 Å². The number of nitriles is 1. The van der Waals surface area contributed by atoms with Gasteiger partial charge in [0, 0.05) is 150 Å². The number of carboxylic acids is 1. The van der Waals surface area contributed by atoms with E-state index in [1.165, 1.54) is 38.3 Å². The van der Waals surface area contributed by atoms with Crippen molar-refractivity contribution in [1.29, 1.82) is 5.26 Å². The highest BCUT2D eigenvalue weighted by Crippen LogP contribution is 2.55. The number of halogens is 5. The number of aromatic nitrogens is 15. The minimum atomic E-state index is -1.08. The summed E-state index contributed by atoms with van der Waals surface area (Å²) in [6.07, 6.45) is 14.7. The molecule has 3 amide bonds. The number of alkyl halides is 4. The van der Waals surface area contributed by atoms with Crippen LogP contribution in [0, 0.1) is 27.6 Å². The van der Waals surface area contributed by atoms with Crippen LogP contribution in [0.1, 0.15) is 146 Å². The monoisotopic (exact) mass is 1960 g/mol. The SMILES string of the molecule is CN(Cc1ccccc1)c1cc(C#N)nc2c(C(=O)N[C@@H]3C[C@@H]3F)cnn12.CN(Cc1ccccc1)c1cc(Cl)nc2c(C(=O)O)cnn12.CN(Cc1ccccc1)c1cc(Nc2cccn(C3CC4(COC4)C3)c2=O)nc2c(C(=O)N[C@@H]3C[C@@H]3F)cnn12.CNc1cc(Nc2cccn(C3CC4(COC4)C3)c2=O)nc2c(C(=O)N[C@@H]3C[C@@H]3F)cnn12.N[C@@H]1C[C@@H]1F.Nc1cccn(C2CC3(COC3)C2)c1=O. The number of ether oxygens (including phenoxy) is 3. The van der Waals surface area contributed by atoms with E-state index in [0.717, 1.165) is 94.9 Å². The van der Waals surface area contributed by atoms with Crippen LogP contribution in [0.2, 0.25) is 5.15 Å².